The van der Waals surface area contributed by atoms with Crippen molar-refractivity contribution in [3.05, 3.63) is 65.5 Å². The number of carbonyl (C=O) groups excluding carboxylic acids is 1. The highest BCUT2D eigenvalue weighted by atomic mass is 16.3. The molecule has 26 heavy (non-hydrogen) atoms. The average molecular weight is 348 g/mol. The Kier molecular flexibility index (Phi) is 4.74. The molecule has 0 unspecified atom stereocenters. The van der Waals surface area contributed by atoms with Gasteiger partial charge in [-0.1, -0.05) is 42.0 Å². The second kappa shape index (κ2) is 7.32. The van der Waals surface area contributed by atoms with Crippen molar-refractivity contribution in [3.8, 4) is 0 Å². The standard InChI is InChI=1S/C22H24N2O2/c1-16-6-8-17(9-7-16)10-11-21(25)24-14-12-18(13-15-24)22-23-19-4-2-3-5-20(19)26-22/h2-9,18H,10-15H2,1H3. The van der Waals surface area contributed by atoms with Crippen molar-refractivity contribution < 1.29 is 9.21 Å². The summed E-state index contributed by atoms with van der Waals surface area (Å²) in [5, 5.41) is 0. The molecule has 0 saturated carbocycles. The topological polar surface area (TPSA) is 46.3 Å². The molecule has 4 nitrogen and oxygen atoms in total. The van der Waals surface area contributed by atoms with E-state index in [0.717, 1.165) is 49.3 Å². The highest BCUT2D eigenvalue weighted by Gasteiger charge is 2.26. The Bertz CT molecular complexity index is 857. The van der Waals surface area contributed by atoms with Crippen LogP contribution < -0.4 is 0 Å². The first-order valence-corrected chi connectivity index (χ1v) is 9.38. The van der Waals surface area contributed by atoms with Crippen LogP contribution in [-0.4, -0.2) is 28.9 Å². The number of carbonyl (C=O) groups is 1. The highest BCUT2D eigenvalue weighted by molar-refractivity contribution is 5.76. The number of aromatic nitrogens is 1. The van der Waals surface area contributed by atoms with Crippen LogP contribution in [0.15, 0.2) is 52.9 Å². The summed E-state index contributed by atoms with van der Waals surface area (Å²) >= 11 is 0. The number of hydrogen-bond acceptors (Lipinski definition) is 3. The first kappa shape index (κ1) is 16.8. The normalized spacial score (nSPS) is 15.5. The summed E-state index contributed by atoms with van der Waals surface area (Å²) in [6.45, 7) is 3.65. The van der Waals surface area contributed by atoms with Crippen LogP contribution in [0.4, 0.5) is 0 Å². The van der Waals surface area contributed by atoms with Gasteiger partial charge in [0.05, 0.1) is 0 Å². The van der Waals surface area contributed by atoms with Crippen molar-refractivity contribution in [2.45, 2.75) is 38.5 Å². The van der Waals surface area contributed by atoms with Crippen LogP contribution in [0.5, 0.6) is 0 Å². The zero-order valence-corrected chi connectivity index (χ0v) is 15.1. The molecule has 1 saturated heterocycles. The summed E-state index contributed by atoms with van der Waals surface area (Å²) in [7, 11) is 0. The lowest BCUT2D eigenvalue weighted by Crippen LogP contribution is -2.38. The van der Waals surface area contributed by atoms with Gasteiger partial charge in [-0.2, -0.15) is 0 Å². The molecular weight excluding hydrogens is 324 g/mol. The number of fused-ring (bicyclic) bond motifs is 1. The maximum absolute atomic E-state index is 12.5. The van der Waals surface area contributed by atoms with Crippen LogP contribution >= 0.6 is 0 Å². The molecular formula is C22H24N2O2. The minimum absolute atomic E-state index is 0.251. The van der Waals surface area contributed by atoms with E-state index in [1.54, 1.807) is 0 Å². The van der Waals surface area contributed by atoms with E-state index in [0.29, 0.717) is 12.3 Å². The molecule has 3 aromatic rings. The Hall–Kier alpha value is -2.62. The van der Waals surface area contributed by atoms with Crippen LogP contribution in [0, 0.1) is 6.92 Å². The molecule has 0 bridgehead atoms. The molecule has 1 aliphatic rings. The number of nitrogens with zero attached hydrogens (tertiary/aromatic N) is 2. The van der Waals surface area contributed by atoms with Crippen LogP contribution in [0.3, 0.4) is 0 Å². The Morgan fingerprint density at radius 1 is 1.12 bits per heavy atom. The first-order chi connectivity index (χ1) is 12.7. The molecule has 4 heteroatoms. The van der Waals surface area contributed by atoms with Crippen LogP contribution in [-0.2, 0) is 11.2 Å². The maximum atomic E-state index is 12.5. The maximum Gasteiger partial charge on any atom is 0.222 e. The lowest BCUT2D eigenvalue weighted by Gasteiger charge is -2.30. The highest BCUT2D eigenvalue weighted by Crippen LogP contribution is 2.30. The number of benzene rings is 2. The summed E-state index contributed by atoms with van der Waals surface area (Å²) in [5.41, 5.74) is 4.24. The summed E-state index contributed by atoms with van der Waals surface area (Å²) in [4.78, 5) is 19.1. The molecule has 0 aliphatic carbocycles. The summed E-state index contributed by atoms with van der Waals surface area (Å²) in [5.74, 6) is 1.38. The molecule has 2 aromatic carbocycles. The average Bonchev–Trinajstić information content (AvgIpc) is 3.12. The van der Waals surface area contributed by atoms with Gasteiger partial charge in [-0.05, 0) is 43.9 Å². The van der Waals surface area contributed by atoms with Gasteiger partial charge in [0.1, 0.15) is 5.52 Å². The summed E-state index contributed by atoms with van der Waals surface area (Å²) in [6, 6.07) is 16.3. The summed E-state index contributed by atoms with van der Waals surface area (Å²) in [6.07, 6.45) is 3.23. The third-order valence-corrected chi connectivity index (χ3v) is 5.26. The second-order valence-electron chi connectivity index (χ2n) is 7.16. The van der Waals surface area contributed by atoms with Gasteiger partial charge in [0, 0.05) is 25.4 Å². The van der Waals surface area contributed by atoms with Gasteiger partial charge in [-0.15, -0.1) is 0 Å². The van der Waals surface area contributed by atoms with Gasteiger partial charge in [0.25, 0.3) is 0 Å². The third kappa shape index (κ3) is 3.64. The fourth-order valence-electron chi connectivity index (χ4n) is 3.60. The molecule has 1 aromatic heterocycles. The second-order valence-corrected chi connectivity index (χ2v) is 7.16. The van der Waals surface area contributed by atoms with E-state index in [-0.39, 0.29) is 5.91 Å². The first-order valence-electron chi connectivity index (χ1n) is 9.38. The van der Waals surface area contributed by atoms with Gasteiger partial charge in [0.15, 0.2) is 11.5 Å². The monoisotopic (exact) mass is 348 g/mol. The fourth-order valence-corrected chi connectivity index (χ4v) is 3.60. The molecule has 0 radical (unpaired) electrons. The van der Waals surface area contributed by atoms with Crippen molar-refractivity contribution in [2.24, 2.45) is 0 Å². The largest absolute Gasteiger partial charge is 0.440 e. The number of rotatable bonds is 4. The molecule has 1 aliphatic heterocycles. The van der Waals surface area contributed by atoms with E-state index in [2.05, 4.69) is 36.2 Å². The van der Waals surface area contributed by atoms with Crippen molar-refractivity contribution in [3.63, 3.8) is 0 Å². The minimum atomic E-state index is 0.251. The number of piperidine rings is 1. The van der Waals surface area contributed by atoms with Crippen molar-refractivity contribution >= 4 is 17.0 Å². The number of aryl methyl sites for hydroxylation is 2. The lowest BCUT2D eigenvalue weighted by atomic mass is 9.96. The fraction of sp³-hybridized carbons (Fsp3) is 0.364. The van der Waals surface area contributed by atoms with E-state index >= 15 is 0 Å². The van der Waals surface area contributed by atoms with Crippen LogP contribution in [0.2, 0.25) is 0 Å². The van der Waals surface area contributed by atoms with E-state index in [4.69, 9.17) is 4.42 Å². The Morgan fingerprint density at radius 2 is 1.85 bits per heavy atom. The van der Waals surface area contributed by atoms with Crippen molar-refractivity contribution in [1.82, 2.24) is 9.88 Å². The number of hydrogen-bond donors (Lipinski definition) is 0. The van der Waals surface area contributed by atoms with E-state index in [1.807, 2.05) is 29.2 Å². The van der Waals surface area contributed by atoms with Gasteiger partial charge in [-0.25, -0.2) is 4.98 Å². The summed E-state index contributed by atoms with van der Waals surface area (Å²) < 4.78 is 5.90. The number of oxazole rings is 1. The third-order valence-electron chi connectivity index (χ3n) is 5.26. The van der Waals surface area contributed by atoms with Crippen molar-refractivity contribution in [1.29, 1.82) is 0 Å². The Morgan fingerprint density at radius 3 is 2.58 bits per heavy atom. The van der Waals surface area contributed by atoms with Gasteiger partial charge in [-0.3, -0.25) is 4.79 Å². The smallest absolute Gasteiger partial charge is 0.222 e. The Labute approximate surface area is 153 Å². The molecule has 1 fully saturated rings. The van der Waals surface area contributed by atoms with Gasteiger partial charge >= 0.3 is 0 Å². The van der Waals surface area contributed by atoms with E-state index < -0.39 is 0 Å². The van der Waals surface area contributed by atoms with Crippen LogP contribution in [0.25, 0.3) is 11.1 Å². The number of likely N-dealkylation sites (tertiary alicyclic amines) is 1. The van der Waals surface area contributed by atoms with E-state index in [1.165, 1.54) is 11.1 Å². The number of amides is 1. The predicted molar refractivity (Wildman–Crippen MR) is 102 cm³/mol. The molecule has 0 N–H and O–H groups in total. The molecule has 2 heterocycles. The molecule has 0 spiro atoms. The predicted octanol–water partition coefficient (Wildman–Crippen LogP) is 4.48. The molecule has 0 atom stereocenters. The quantitative estimate of drug-likeness (QED) is 0.698. The Balaban J connectivity index is 1.31. The minimum Gasteiger partial charge on any atom is -0.440 e. The van der Waals surface area contributed by atoms with Crippen molar-refractivity contribution in [2.75, 3.05) is 13.1 Å². The number of para-hydroxylation sites is 2. The van der Waals surface area contributed by atoms with E-state index in [9.17, 15) is 4.79 Å². The lowest BCUT2D eigenvalue weighted by molar-refractivity contribution is -0.132. The SMILES string of the molecule is Cc1ccc(CCC(=O)N2CCC(c3nc4ccccc4o3)CC2)cc1. The molecule has 1 amide bonds. The molecule has 134 valence electrons. The molecule has 4 rings (SSSR count). The van der Waals surface area contributed by atoms with Gasteiger partial charge in [0.2, 0.25) is 5.91 Å². The van der Waals surface area contributed by atoms with Gasteiger partial charge < -0.3 is 9.32 Å². The zero-order valence-electron chi connectivity index (χ0n) is 15.1. The van der Waals surface area contributed by atoms with Crippen LogP contribution in [0.1, 0.15) is 42.2 Å². The zero-order chi connectivity index (χ0) is 17.9.